The smallest absolute Gasteiger partial charge is 0.231 e. The van der Waals surface area contributed by atoms with E-state index >= 15 is 0 Å². The van der Waals surface area contributed by atoms with E-state index in [1.807, 2.05) is 13.8 Å². The Morgan fingerprint density at radius 1 is 1.21 bits per heavy atom. The van der Waals surface area contributed by atoms with E-state index in [4.69, 9.17) is 24.7 Å². The number of likely N-dealkylation sites (N-methyl/N-ethyl adjacent to an activating group) is 1. The van der Waals surface area contributed by atoms with Crippen LogP contribution in [0, 0.1) is 25.2 Å². The second kappa shape index (κ2) is 9.09. The molecule has 1 saturated heterocycles. The fourth-order valence-corrected chi connectivity index (χ4v) is 7.40. The van der Waals surface area contributed by atoms with Crippen LogP contribution in [0.4, 0.5) is 0 Å². The van der Waals surface area contributed by atoms with Crippen LogP contribution in [0.15, 0.2) is 18.7 Å². The molecule has 2 aromatic carbocycles. The molecule has 0 amide bonds. The summed E-state index contributed by atoms with van der Waals surface area (Å²) in [4.78, 5) is 4.52. The lowest BCUT2D eigenvalue weighted by Gasteiger charge is -2.60. The van der Waals surface area contributed by atoms with E-state index in [2.05, 4.69) is 35.6 Å². The van der Waals surface area contributed by atoms with Crippen LogP contribution in [-0.2, 0) is 12.8 Å². The maximum Gasteiger partial charge on any atom is 0.231 e. The minimum Gasteiger partial charge on any atom is -0.504 e. The summed E-state index contributed by atoms with van der Waals surface area (Å²) >= 11 is 0. The number of fused-ring (bicyclic) bond motifs is 9. The summed E-state index contributed by atoms with van der Waals surface area (Å²) in [5, 5.41) is 22.0. The lowest BCUT2D eigenvalue weighted by Crippen LogP contribution is -2.68. The number of benzene rings is 2. The monoisotopic (exact) mass is 518 g/mol. The molecular weight excluding hydrogens is 484 g/mol. The van der Waals surface area contributed by atoms with Gasteiger partial charge in [0.1, 0.15) is 18.4 Å². The number of hydrogen-bond donors (Lipinski definition) is 2. The van der Waals surface area contributed by atoms with Crippen molar-refractivity contribution in [2.75, 3.05) is 34.1 Å². The molecule has 0 aromatic heterocycles. The van der Waals surface area contributed by atoms with E-state index in [0.29, 0.717) is 43.2 Å². The fourth-order valence-electron chi connectivity index (χ4n) is 7.40. The molecular formula is C29H34N4O5. The van der Waals surface area contributed by atoms with Gasteiger partial charge in [-0.05, 0) is 44.9 Å². The lowest BCUT2D eigenvalue weighted by molar-refractivity contribution is -0.0710. The van der Waals surface area contributed by atoms with Crippen molar-refractivity contribution in [3.63, 3.8) is 0 Å². The maximum absolute atomic E-state index is 11.5. The molecule has 0 saturated carbocycles. The van der Waals surface area contributed by atoms with Crippen molar-refractivity contribution in [2.24, 2.45) is 5.73 Å². The number of rotatable bonds is 5. The van der Waals surface area contributed by atoms with Crippen molar-refractivity contribution in [2.45, 2.75) is 56.9 Å². The van der Waals surface area contributed by atoms with E-state index in [1.165, 1.54) is 0 Å². The van der Waals surface area contributed by atoms with Gasteiger partial charge in [-0.25, -0.2) is 0 Å². The zero-order valence-electron chi connectivity index (χ0n) is 22.3. The number of ether oxygens (including phenoxy) is 4. The van der Waals surface area contributed by atoms with Crippen molar-refractivity contribution in [3.05, 3.63) is 52.1 Å². The summed E-state index contributed by atoms with van der Waals surface area (Å²) in [6.45, 7) is 8.52. The first-order valence-electron chi connectivity index (χ1n) is 13.0. The van der Waals surface area contributed by atoms with Crippen LogP contribution in [-0.4, -0.2) is 67.1 Å². The highest BCUT2D eigenvalue weighted by Crippen LogP contribution is 2.58. The van der Waals surface area contributed by atoms with Crippen LogP contribution in [0.2, 0.25) is 0 Å². The Morgan fingerprint density at radius 2 is 1.97 bits per heavy atom. The topological polar surface area (TPSA) is 113 Å². The Morgan fingerprint density at radius 3 is 2.66 bits per heavy atom. The number of piperazine rings is 1. The quantitative estimate of drug-likeness (QED) is 0.577. The highest BCUT2D eigenvalue weighted by Gasteiger charge is 2.56. The highest BCUT2D eigenvalue weighted by molar-refractivity contribution is 5.66. The standard InChI is InChI=1S/C29H34N4O5/c1-6-7-36-27-15(3)28-29(38-13-37-28)23-17(27)10-19-24-22-16(8-14(2)26(35-5)25(22)34)9-18(32(24)4)20(11-30)33(19)21(23)12-31/h6,8,18-21,24,34H,1,7,9-10,12-13,31H2,2-5H3/t18-,19-,20-,21-,24-/m0/s1. The third kappa shape index (κ3) is 3.20. The third-order valence-electron chi connectivity index (χ3n) is 8.83. The summed E-state index contributed by atoms with van der Waals surface area (Å²) in [6.07, 6.45) is 2.96. The molecule has 1 fully saturated rings. The molecule has 3 N–H and O–H groups in total. The fraction of sp³-hybridized carbons (Fsp3) is 0.483. The number of aromatic hydroxyl groups is 1. The molecule has 5 atom stereocenters. The molecule has 9 nitrogen and oxygen atoms in total. The van der Waals surface area contributed by atoms with Gasteiger partial charge >= 0.3 is 0 Å². The Hall–Kier alpha value is -3.45. The minimum atomic E-state index is -0.405. The van der Waals surface area contributed by atoms with Gasteiger partial charge < -0.3 is 29.8 Å². The van der Waals surface area contributed by atoms with Gasteiger partial charge in [0.05, 0.1) is 25.3 Å². The van der Waals surface area contributed by atoms with E-state index in [1.54, 1.807) is 13.2 Å². The summed E-state index contributed by atoms with van der Waals surface area (Å²) in [6, 6.07) is 3.64. The summed E-state index contributed by atoms with van der Waals surface area (Å²) < 4.78 is 23.8. The van der Waals surface area contributed by atoms with E-state index in [0.717, 1.165) is 39.1 Å². The largest absolute Gasteiger partial charge is 0.504 e. The number of hydrogen-bond acceptors (Lipinski definition) is 9. The second-order valence-corrected chi connectivity index (χ2v) is 10.6. The lowest BCUT2D eigenvalue weighted by atomic mass is 9.71. The molecule has 9 heteroatoms. The zero-order valence-corrected chi connectivity index (χ0v) is 22.3. The van der Waals surface area contributed by atoms with Gasteiger partial charge in [0.2, 0.25) is 6.79 Å². The highest BCUT2D eigenvalue weighted by atomic mass is 16.7. The Bertz CT molecular complexity index is 1370. The van der Waals surface area contributed by atoms with Crippen LogP contribution < -0.4 is 24.7 Å². The predicted molar refractivity (Wildman–Crippen MR) is 141 cm³/mol. The van der Waals surface area contributed by atoms with Crippen LogP contribution in [0.3, 0.4) is 0 Å². The van der Waals surface area contributed by atoms with Gasteiger partial charge in [-0.1, -0.05) is 18.7 Å². The Kier molecular flexibility index (Phi) is 5.94. The summed E-state index contributed by atoms with van der Waals surface area (Å²) in [5.74, 6) is 2.78. The first-order valence-corrected chi connectivity index (χ1v) is 13.0. The van der Waals surface area contributed by atoms with Crippen LogP contribution in [0.25, 0.3) is 0 Å². The molecule has 4 aliphatic rings. The van der Waals surface area contributed by atoms with Crippen molar-refractivity contribution in [3.8, 4) is 34.8 Å². The normalized spacial score (nSPS) is 27.1. The van der Waals surface area contributed by atoms with E-state index < -0.39 is 6.04 Å². The average Bonchev–Trinajstić information content (AvgIpc) is 3.39. The van der Waals surface area contributed by atoms with E-state index in [9.17, 15) is 10.4 Å². The van der Waals surface area contributed by atoms with Gasteiger partial charge in [-0.3, -0.25) is 9.80 Å². The molecule has 0 radical (unpaired) electrons. The first-order chi connectivity index (χ1) is 18.4. The van der Waals surface area contributed by atoms with Gasteiger partial charge in [-0.2, -0.15) is 5.26 Å². The SMILES string of the molecule is C=CCOc1c(C)c2c(c3c1C[C@H]1[C@H]4c5c(cc(C)c(OC)c5O)C[C@@H]([C@H](C#N)N1[C@H]3CN)N4C)OCO2. The molecule has 4 heterocycles. The van der Waals surface area contributed by atoms with Crippen LogP contribution >= 0.6 is 0 Å². The second-order valence-electron chi connectivity index (χ2n) is 10.6. The number of phenols is 1. The molecule has 38 heavy (non-hydrogen) atoms. The number of nitrogens with two attached hydrogens (primary N) is 1. The predicted octanol–water partition coefficient (Wildman–Crippen LogP) is 3.04. The number of aryl methyl sites for hydroxylation is 1. The minimum absolute atomic E-state index is 0.0660. The molecule has 0 spiro atoms. The van der Waals surface area contributed by atoms with Crippen molar-refractivity contribution >= 4 is 0 Å². The van der Waals surface area contributed by atoms with Gasteiger partial charge in [0.15, 0.2) is 23.0 Å². The number of phenolic OH excluding ortho intramolecular Hbond substituents is 1. The third-order valence-corrected chi connectivity index (χ3v) is 8.83. The van der Waals surface area contributed by atoms with Gasteiger partial charge in [0, 0.05) is 40.9 Å². The molecule has 2 bridgehead atoms. The Labute approximate surface area is 222 Å². The number of methoxy groups -OCH3 is 1. The molecule has 0 unspecified atom stereocenters. The average molecular weight is 519 g/mol. The van der Waals surface area contributed by atoms with Gasteiger partial charge in [-0.15, -0.1) is 0 Å². The molecule has 4 aliphatic heterocycles. The summed E-state index contributed by atoms with van der Waals surface area (Å²) in [5.41, 5.74) is 12.2. The Balaban J connectivity index is 1.60. The van der Waals surface area contributed by atoms with E-state index in [-0.39, 0.29) is 36.7 Å². The molecule has 200 valence electrons. The van der Waals surface area contributed by atoms with Crippen molar-refractivity contribution < 1.29 is 24.1 Å². The molecule has 0 aliphatic carbocycles. The van der Waals surface area contributed by atoms with Crippen molar-refractivity contribution in [1.82, 2.24) is 9.80 Å². The molecule has 6 rings (SSSR count). The number of nitriles is 1. The van der Waals surface area contributed by atoms with Crippen LogP contribution in [0.5, 0.6) is 28.7 Å². The summed E-state index contributed by atoms with van der Waals surface area (Å²) in [7, 11) is 3.64. The maximum atomic E-state index is 11.5. The zero-order chi connectivity index (χ0) is 26.9. The van der Waals surface area contributed by atoms with Crippen LogP contribution in [0.1, 0.15) is 45.5 Å². The first kappa shape index (κ1) is 24.9. The number of nitrogens with zero attached hydrogens (tertiary/aromatic N) is 3. The molecule has 2 aromatic rings. The van der Waals surface area contributed by atoms with Crippen molar-refractivity contribution in [1.29, 1.82) is 5.26 Å². The van der Waals surface area contributed by atoms with Gasteiger partial charge in [0.25, 0.3) is 0 Å².